The van der Waals surface area contributed by atoms with Gasteiger partial charge >= 0.3 is 5.91 Å². The van der Waals surface area contributed by atoms with E-state index >= 15 is 0 Å². The average Bonchev–Trinajstić information content (AvgIpc) is 3.20. The summed E-state index contributed by atoms with van der Waals surface area (Å²) in [5.74, 6) is 0.801. The molecule has 2 aromatic carbocycles. The molecular formula is C19H15ClN2O2S2. The van der Waals surface area contributed by atoms with Crippen LogP contribution in [0.1, 0.15) is 10.6 Å². The van der Waals surface area contributed by atoms with Gasteiger partial charge < -0.3 is 8.98 Å². The molecule has 0 atom stereocenters. The van der Waals surface area contributed by atoms with E-state index in [4.69, 9.17) is 16.0 Å². The number of rotatable bonds is 4. The number of thioether (sulfide) groups is 1. The van der Waals surface area contributed by atoms with Crippen molar-refractivity contribution in [3.05, 3.63) is 64.1 Å². The van der Waals surface area contributed by atoms with E-state index in [1.165, 1.54) is 11.3 Å². The van der Waals surface area contributed by atoms with Crippen LogP contribution in [-0.4, -0.2) is 22.5 Å². The van der Waals surface area contributed by atoms with Crippen molar-refractivity contribution in [1.29, 1.82) is 0 Å². The topological polar surface area (TPSA) is 47.5 Å². The largest absolute Gasteiger partial charge is 0.451 e. The first kappa shape index (κ1) is 17.4. The van der Waals surface area contributed by atoms with Crippen molar-refractivity contribution in [3.63, 3.8) is 0 Å². The molecule has 4 rings (SSSR count). The molecule has 0 aliphatic carbocycles. The third kappa shape index (κ3) is 3.32. The smallest absolute Gasteiger partial charge is 0.315 e. The van der Waals surface area contributed by atoms with Crippen LogP contribution in [0.2, 0.25) is 5.02 Å². The summed E-state index contributed by atoms with van der Waals surface area (Å²) in [5, 5.41) is 1.57. The maximum absolute atomic E-state index is 12.7. The minimum absolute atomic E-state index is 0.248. The van der Waals surface area contributed by atoms with Gasteiger partial charge in [0.15, 0.2) is 10.6 Å². The van der Waals surface area contributed by atoms with Crippen molar-refractivity contribution < 1.29 is 9.21 Å². The lowest BCUT2D eigenvalue weighted by atomic mass is 10.2. The van der Waals surface area contributed by atoms with E-state index in [1.807, 2.05) is 42.5 Å². The maximum Gasteiger partial charge on any atom is 0.315 e. The van der Waals surface area contributed by atoms with Crippen molar-refractivity contribution in [2.75, 3.05) is 12.0 Å². The normalized spacial score (nSPS) is 12.3. The number of furan rings is 1. The number of nitrogens with zero attached hydrogens (tertiary/aromatic N) is 2. The van der Waals surface area contributed by atoms with Gasteiger partial charge in [0.05, 0.1) is 10.2 Å². The third-order valence-electron chi connectivity index (χ3n) is 4.00. The zero-order chi connectivity index (χ0) is 18.1. The van der Waals surface area contributed by atoms with Gasteiger partial charge in [0.2, 0.25) is 0 Å². The highest BCUT2D eigenvalue weighted by Gasteiger charge is 2.13. The monoisotopic (exact) mass is 402 g/mol. The number of benzene rings is 2. The molecule has 2 heterocycles. The number of para-hydroxylation sites is 1. The Bertz CT molecular complexity index is 1140. The van der Waals surface area contributed by atoms with Crippen molar-refractivity contribution in [3.8, 4) is 0 Å². The molecule has 7 heteroatoms. The van der Waals surface area contributed by atoms with Crippen molar-refractivity contribution in [2.45, 2.75) is 6.54 Å². The molecule has 0 aliphatic rings. The fourth-order valence-corrected chi connectivity index (χ4v) is 4.46. The van der Waals surface area contributed by atoms with Crippen LogP contribution in [0.15, 0.2) is 57.9 Å². The first-order valence-corrected chi connectivity index (χ1v) is 10.6. The Morgan fingerprint density at radius 3 is 2.92 bits per heavy atom. The Morgan fingerprint density at radius 1 is 1.27 bits per heavy atom. The Balaban J connectivity index is 1.81. The Hall–Kier alpha value is -2.02. The first-order chi connectivity index (χ1) is 12.7. The minimum Gasteiger partial charge on any atom is -0.451 e. The number of aromatic nitrogens is 1. The summed E-state index contributed by atoms with van der Waals surface area (Å²) in [5.41, 5.74) is 1.72. The lowest BCUT2D eigenvalue weighted by molar-refractivity contribution is 0.0973. The van der Waals surface area contributed by atoms with E-state index in [0.717, 1.165) is 27.9 Å². The number of halogens is 1. The molecule has 0 N–H and O–H groups in total. The summed E-state index contributed by atoms with van der Waals surface area (Å²) in [7, 11) is 0. The molecule has 26 heavy (non-hydrogen) atoms. The van der Waals surface area contributed by atoms with Gasteiger partial charge in [-0.25, -0.2) is 0 Å². The van der Waals surface area contributed by atoms with Crippen LogP contribution in [0.4, 0.5) is 0 Å². The molecule has 2 aromatic heterocycles. The second-order valence-electron chi connectivity index (χ2n) is 5.71. The number of amides is 1. The van der Waals surface area contributed by atoms with Gasteiger partial charge in [-0.1, -0.05) is 41.1 Å². The number of hydrogen-bond donors (Lipinski definition) is 0. The Labute approximate surface area is 163 Å². The molecule has 0 aliphatic heterocycles. The summed E-state index contributed by atoms with van der Waals surface area (Å²) in [6, 6.07) is 15.0. The molecule has 4 aromatic rings. The first-order valence-electron chi connectivity index (χ1n) is 8.01. The lowest BCUT2D eigenvalue weighted by Crippen LogP contribution is -2.18. The highest BCUT2D eigenvalue weighted by molar-refractivity contribution is 7.98. The number of hydrogen-bond acceptors (Lipinski definition) is 4. The molecule has 0 saturated carbocycles. The van der Waals surface area contributed by atoms with Gasteiger partial charge in [-0.2, -0.15) is 16.8 Å². The van der Waals surface area contributed by atoms with Gasteiger partial charge in [0, 0.05) is 22.7 Å². The van der Waals surface area contributed by atoms with E-state index in [0.29, 0.717) is 15.4 Å². The summed E-state index contributed by atoms with van der Waals surface area (Å²) in [6.45, 7) is 0.773. The number of carbonyl (C=O) groups is 1. The quantitative estimate of drug-likeness (QED) is 0.471. The van der Waals surface area contributed by atoms with E-state index in [-0.39, 0.29) is 11.7 Å². The Kier molecular flexibility index (Phi) is 4.89. The van der Waals surface area contributed by atoms with Crippen LogP contribution in [-0.2, 0) is 6.54 Å². The molecule has 0 bridgehead atoms. The predicted molar refractivity (Wildman–Crippen MR) is 109 cm³/mol. The maximum atomic E-state index is 12.7. The number of thiazole rings is 1. The molecule has 0 radical (unpaired) electrons. The van der Waals surface area contributed by atoms with Crippen LogP contribution < -0.4 is 4.80 Å². The standard InChI is InChI=1S/C19H15ClN2O2S2/c1-25-9-8-22-14-7-6-13(20)11-17(14)26-19(22)21-18(23)16-10-12-4-2-3-5-15(12)24-16/h2-7,10-11H,8-9H2,1H3. The third-order valence-corrected chi connectivity index (χ3v) is 5.86. The van der Waals surface area contributed by atoms with Crippen molar-refractivity contribution in [2.24, 2.45) is 4.99 Å². The van der Waals surface area contributed by atoms with Crippen LogP contribution in [0, 0.1) is 0 Å². The van der Waals surface area contributed by atoms with Gasteiger partial charge in [-0.15, -0.1) is 0 Å². The number of aryl methyl sites for hydroxylation is 1. The second kappa shape index (κ2) is 7.31. The van der Waals surface area contributed by atoms with Gasteiger partial charge in [-0.3, -0.25) is 4.79 Å². The highest BCUT2D eigenvalue weighted by atomic mass is 35.5. The summed E-state index contributed by atoms with van der Waals surface area (Å²) < 4.78 is 8.72. The fraction of sp³-hybridized carbons (Fsp3) is 0.158. The molecule has 0 spiro atoms. The van der Waals surface area contributed by atoms with E-state index < -0.39 is 0 Å². The number of fused-ring (bicyclic) bond motifs is 2. The molecule has 0 saturated heterocycles. The Morgan fingerprint density at radius 2 is 2.12 bits per heavy atom. The molecule has 132 valence electrons. The second-order valence-corrected chi connectivity index (χ2v) is 8.14. The summed E-state index contributed by atoms with van der Waals surface area (Å²) >= 11 is 9.32. The minimum atomic E-state index is -0.378. The molecule has 0 unspecified atom stereocenters. The fourth-order valence-electron chi connectivity index (χ4n) is 2.76. The molecule has 0 fully saturated rings. The molecule has 4 nitrogen and oxygen atoms in total. The number of carbonyl (C=O) groups excluding carboxylic acids is 1. The van der Waals surface area contributed by atoms with Gasteiger partial charge in [-0.05, 0) is 36.6 Å². The summed E-state index contributed by atoms with van der Waals surface area (Å²) in [4.78, 5) is 17.7. The zero-order valence-corrected chi connectivity index (χ0v) is 16.3. The zero-order valence-electron chi connectivity index (χ0n) is 13.9. The van der Waals surface area contributed by atoms with Gasteiger partial charge in [0.1, 0.15) is 5.58 Å². The van der Waals surface area contributed by atoms with Crippen LogP contribution in [0.3, 0.4) is 0 Å². The average molecular weight is 403 g/mol. The van der Waals surface area contributed by atoms with Gasteiger partial charge in [0.25, 0.3) is 0 Å². The van der Waals surface area contributed by atoms with E-state index in [1.54, 1.807) is 17.8 Å². The predicted octanol–water partition coefficient (Wildman–Crippen LogP) is 5.21. The van der Waals surface area contributed by atoms with Crippen LogP contribution in [0.25, 0.3) is 21.2 Å². The van der Waals surface area contributed by atoms with E-state index in [2.05, 4.69) is 15.8 Å². The van der Waals surface area contributed by atoms with E-state index in [9.17, 15) is 4.79 Å². The van der Waals surface area contributed by atoms with Crippen LogP contribution in [0.5, 0.6) is 0 Å². The highest BCUT2D eigenvalue weighted by Crippen LogP contribution is 2.23. The molecular weight excluding hydrogens is 388 g/mol. The van der Waals surface area contributed by atoms with Crippen molar-refractivity contribution >= 4 is 61.8 Å². The lowest BCUT2D eigenvalue weighted by Gasteiger charge is -2.03. The summed E-state index contributed by atoms with van der Waals surface area (Å²) in [6.07, 6.45) is 2.06. The van der Waals surface area contributed by atoms with Crippen molar-refractivity contribution in [1.82, 2.24) is 4.57 Å². The molecule has 1 amide bonds. The SMILES string of the molecule is CSCCn1c(=NC(=O)c2cc3ccccc3o2)sc2cc(Cl)ccc21. The van der Waals surface area contributed by atoms with Crippen LogP contribution >= 0.6 is 34.7 Å².